The van der Waals surface area contributed by atoms with Gasteiger partial charge in [-0.25, -0.2) is 0 Å². The number of fused-ring (bicyclic) bond motifs is 5. The van der Waals surface area contributed by atoms with E-state index in [1.54, 1.807) is 0 Å². The molecule has 2 aliphatic heterocycles. The van der Waals surface area contributed by atoms with Crippen LogP contribution in [0.3, 0.4) is 0 Å². The van der Waals surface area contributed by atoms with Crippen molar-refractivity contribution in [1.82, 2.24) is 4.90 Å². The smallest absolute Gasteiger partial charge is 0.312 e. The first-order valence-electron chi connectivity index (χ1n) is 9.82. The molecule has 4 nitrogen and oxygen atoms in total. The highest BCUT2D eigenvalue weighted by molar-refractivity contribution is 5.78. The average molecular weight is 363 g/mol. The molecule has 2 heterocycles. The van der Waals surface area contributed by atoms with Crippen LogP contribution in [0.1, 0.15) is 36.5 Å². The molecule has 3 aliphatic rings. The summed E-state index contributed by atoms with van der Waals surface area (Å²) in [5, 5.41) is 0. The van der Waals surface area contributed by atoms with Crippen molar-refractivity contribution in [1.29, 1.82) is 0 Å². The van der Waals surface area contributed by atoms with Gasteiger partial charge in [0.1, 0.15) is 6.10 Å². The van der Waals surface area contributed by atoms with Crippen LogP contribution in [0.5, 0.6) is 0 Å². The molecule has 2 fully saturated rings. The Balaban J connectivity index is 1.52. The predicted octanol–water partition coefficient (Wildman–Crippen LogP) is 3.80. The molecule has 0 unspecified atom stereocenters. The van der Waals surface area contributed by atoms with Gasteiger partial charge in [-0.05, 0) is 48.6 Å². The minimum Gasteiger partial charge on any atom is -0.469 e. The molecule has 0 N–H and O–H groups in total. The highest BCUT2D eigenvalue weighted by atomic mass is 16.5. The molecular weight excluding hydrogens is 338 g/mol. The number of benzene rings is 2. The van der Waals surface area contributed by atoms with E-state index in [2.05, 4.69) is 60.5 Å². The second-order valence-electron chi connectivity index (χ2n) is 7.98. The van der Waals surface area contributed by atoms with Gasteiger partial charge in [0.2, 0.25) is 0 Å². The summed E-state index contributed by atoms with van der Waals surface area (Å²) in [7, 11) is 3.62. The largest absolute Gasteiger partial charge is 0.469 e. The average Bonchev–Trinajstić information content (AvgIpc) is 3.13. The fraction of sp³-hybridized carbons (Fsp3) is 0.435. The number of hydrogen-bond acceptors (Lipinski definition) is 4. The van der Waals surface area contributed by atoms with Crippen LogP contribution in [0.25, 0.3) is 11.1 Å². The summed E-state index contributed by atoms with van der Waals surface area (Å²) in [6.45, 7) is 0. The zero-order valence-corrected chi connectivity index (χ0v) is 15.8. The van der Waals surface area contributed by atoms with Gasteiger partial charge < -0.3 is 9.47 Å². The van der Waals surface area contributed by atoms with E-state index >= 15 is 0 Å². The first kappa shape index (κ1) is 17.0. The van der Waals surface area contributed by atoms with Gasteiger partial charge in [-0.15, -0.1) is 0 Å². The van der Waals surface area contributed by atoms with Crippen molar-refractivity contribution in [3.63, 3.8) is 0 Å². The predicted molar refractivity (Wildman–Crippen MR) is 103 cm³/mol. The van der Waals surface area contributed by atoms with Crippen molar-refractivity contribution in [3.8, 4) is 11.1 Å². The van der Waals surface area contributed by atoms with Crippen LogP contribution in [-0.2, 0) is 14.3 Å². The highest BCUT2D eigenvalue weighted by Gasteiger charge is 2.51. The summed E-state index contributed by atoms with van der Waals surface area (Å²) in [5.41, 5.74) is 4.88. The van der Waals surface area contributed by atoms with Gasteiger partial charge in [0.25, 0.3) is 0 Å². The number of piperidine rings is 1. The van der Waals surface area contributed by atoms with Crippen LogP contribution >= 0.6 is 0 Å². The van der Waals surface area contributed by atoms with Gasteiger partial charge in [-0.3, -0.25) is 9.69 Å². The Bertz CT molecular complexity index is 834. The summed E-state index contributed by atoms with van der Waals surface area (Å²) in [6, 6.07) is 17.6. The number of hydrogen-bond donors (Lipinski definition) is 0. The fourth-order valence-corrected chi connectivity index (χ4v) is 5.44. The van der Waals surface area contributed by atoms with Crippen molar-refractivity contribution in [3.05, 3.63) is 59.7 Å². The number of nitrogens with zero attached hydrogens (tertiary/aromatic N) is 1. The number of rotatable bonds is 3. The van der Waals surface area contributed by atoms with E-state index in [1.165, 1.54) is 29.4 Å². The maximum Gasteiger partial charge on any atom is 0.312 e. The molecule has 27 heavy (non-hydrogen) atoms. The normalized spacial score (nSPS) is 29.4. The van der Waals surface area contributed by atoms with Gasteiger partial charge in [-0.1, -0.05) is 48.5 Å². The number of carbonyl (C=O) groups is 1. The molecule has 140 valence electrons. The third-order valence-corrected chi connectivity index (χ3v) is 6.78. The number of carbonyl (C=O) groups excluding carboxylic acids is 1. The van der Waals surface area contributed by atoms with E-state index in [0.717, 1.165) is 19.3 Å². The van der Waals surface area contributed by atoms with Crippen LogP contribution in [-0.4, -0.2) is 43.2 Å². The lowest BCUT2D eigenvalue weighted by atomic mass is 9.87. The summed E-state index contributed by atoms with van der Waals surface area (Å²) in [4.78, 5) is 15.0. The molecule has 0 spiro atoms. The zero-order valence-electron chi connectivity index (χ0n) is 15.8. The molecule has 2 aromatic rings. The second-order valence-corrected chi connectivity index (χ2v) is 7.98. The van der Waals surface area contributed by atoms with E-state index in [0.29, 0.717) is 6.04 Å². The fourth-order valence-electron chi connectivity index (χ4n) is 5.44. The van der Waals surface area contributed by atoms with E-state index in [1.807, 2.05) is 0 Å². The van der Waals surface area contributed by atoms with Crippen molar-refractivity contribution in [2.24, 2.45) is 5.92 Å². The van der Waals surface area contributed by atoms with Crippen LogP contribution in [0.15, 0.2) is 48.5 Å². The van der Waals surface area contributed by atoms with E-state index in [9.17, 15) is 4.79 Å². The van der Waals surface area contributed by atoms with E-state index in [-0.39, 0.29) is 30.1 Å². The van der Waals surface area contributed by atoms with E-state index in [4.69, 9.17) is 9.47 Å². The first-order valence-corrected chi connectivity index (χ1v) is 9.82. The van der Waals surface area contributed by atoms with Crippen LogP contribution in [0.2, 0.25) is 0 Å². The summed E-state index contributed by atoms with van der Waals surface area (Å²) >= 11 is 0. The first-order chi connectivity index (χ1) is 13.2. The molecule has 0 amide bonds. The van der Waals surface area contributed by atoms with Crippen LogP contribution in [0.4, 0.5) is 0 Å². The topological polar surface area (TPSA) is 38.8 Å². The molecule has 2 bridgehead atoms. The summed E-state index contributed by atoms with van der Waals surface area (Å²) < 4.78 is 11.9. The lowest BCUT2D eigenvalue weighted by molar-refractivity contribution is -0.161. The lowest BCUT2D eigenvalue weighted by Crippen LogP contribution is -2.53. The quantitative estimate of drug-likeness (QED) is 0.778. The Labute approximate surface area is 160 Å². The Kier molecular flexibility index (Phi) is 4.06. The standard InChI is InChI=1S/C23H25NO3/c1-24-14-11-12-19(24)21(23(25)26-2)20(13-14)27-22-17-9-5-3-7-15(17)16-8-4-6-10-18(16)22/h3-10,14,19-22H,11-13H2,1-2H3/t14-,19+,20+,21-/m1/s1. The van der Waals surface area contributed by atoms with Gasteiger partial charge in [0, 0.05) is 12.1 Å². The Morgan fingerprint density at radius 2 is 1.63 bits per heavy atom. The lowest BCUT2D eigenvalue weighted by Gasteiger charge is -2.42. The SMILES string of the molecule is COC(=O)[C@H]1[C@@H](OC2c3ccccc3-c3ccccc32)C[C@H]2CC[C@@H]1N2C. The molecular formula is C23H25NO3. The maximum atomic E-state index is 12.6. The third-order valence-electron chi connectivity index (χ3n) is 6.78. The molecule has 5 rings (SSSR count). The molecule has 4 atom stereocenters. The molecule has 0 aromatic heterocycles. The number of esters is 1. The molecule has 2 saturated heterocycles. The molecule has 1 aliphatic carbocycles. The Morgan fingerprint density at radius 3 is 2.26 bits per heavy atom. The highest BCUT2D eigenvalue weighted by Crippen LogP contribution is 2.48. The molecule has 0 saturated carbocycles. The number of methoxy groups -OCH3 is 1. The Morgan fingerprint density at radius 1 is 1.00 bits per heavy atom. The number of ether oxygens (including phenoxy) is 2. The Hall–Kier alpha value is -2.17. The van der Waals surface area contributed by atoms with Crippen LogP contribution in [0, 0.1) is 5.92 Å². The van der Waals surface area contributed by atoms with Gasteiger partial charge >= 0.3 is 5.97 Å². The molecule has 0 radical (unpaired) electrons. The van der Waals surface area contributed by atoms with Gasteiger partial charge in [0.05, 0.1) is 19.1 Å². The van der Waals surface area contributed by atoms with Gasteiger partial charge in [-0.2, -0.15) is 0 Å². The molecule has 4 heteroatoms. The van der Waals surface area contributed by atoms with Crippen LogP contribution < -0.4 is 0 Å². The van der Waals surface area contributed by atoms with Crippen molar-refractivity contribution < 1.29 is 14.3 Å². The second kappa shape index (κ2) is 6.47. The maximum absolute atomic E-state index is 12.6. The van der Waals surface area contributed by atoms with Crippen molar-refractivity contribution >= 4 is 5.97 Å². The molecule has 2 aromatic carbocycles. The van der Waals surface area contributed by atoms with Crippen molar-refractivity contribution in [2.45, 2.75) is 43.6 Å². The van der Waals surface area contributed by atoms with Gasteiger partial charge in [0.15, 0.2) is 0 Å². The van der Waals surface area contributed by atoms with E-state index < -0.39 is 0 Å². The zero-order chi connectivity index (χ0) is 18.5. The summed E-state index contributed by atoms with van der Waals surface area (Å²) in [6.07, 6.45) is 2.83. The minimum atomic E-state index is -0.223. The van der Waals surface area contributed by atoms with Crippen molar-refractivity contribution in [2.75, 3.05) is 14.2 Å². The monoisotopic (exact) mass is 363 g/mol. The summed E-state index contributed by atoms with van der Waals surface area (Å²) in [5.74, 6) is -0.365. The minimum absolute atomic E-state index is 0.114. The third kappa shape index (κ3) is 2.54.